The Morgan fingerprint density at radius 2 is 2.13 bits per heavy atom. The molecule has 2 aliphatic rings. The van der Waals surface area contributed by atoms with Gasteiger partial charge in [-0.3, -0.25) is 0 Å². The van der Waals surface area contributed by atoms with E-state index in [0.717, 1.165) is 25.1 Å². The molecular formula is C16H15FN6. The summed E-state index contributed by atoms with van der Waals surface area (Å²) in [6, 6.07) is 4.00. The third-order valence-electron chi connectivity index (χ3n) is 4.60. The Bertz CT molecular complexity index is 943. The topological polar surface area (TPSA) is 81.7 Å². The number of nitrogen functional groups attached to an aromatic ring is 1. The fraction of sp³-hybridized carbons (Fsp3) is 0.312. The average Bonchev–Trinajstić information content (AvgIpc) is 3.14. The minimum atomic E-state index is -0.224. The lowest BCUT2D eigenvalue weighted by molar-refractivity contribution is 0.615. The highest BCUT2D eigenvalue weighted by Gasteiger charge is 2.30. The van der Waals surface area contributed by atoms with Crippen LogP contribution in [0.4, 0.5) is 15.9 Å². The number of anilines is 2. The highest BCUT2D eigenvalue weighted by atomic mass is 19.1. The molecule has 1 saturated carbocycles. The summed E-state index contributed by atoms with van der Waals surface area (Å²) in [7, 11) is 0. The Hall–Kier alpha value is -2.70. The van der Waals surface area contributed by atoms with Crippen LogP contribution >= 0.6 is 0 Å². The summed E-state index contributed by atoms with van der Waals surface area (Å²) in [5.41, 5.74) is 9.33. The molecule has 3 aromatic rings. The maximum Gasteiger partial charge on any atom is 0.164 e. The van der Waals surface area contributed by atoms with Gasteiger partial charge in [-0.1, -0.05) is 0 Å². The number of rotatable bonds is 2. The summed E-state index contributed by atoms with van der Waals surface area (Å²) < 4.78 is 16.8. The van der Waals surface area contributed by atoms with Gasteiger partial charge in [0.2, 0.25) is 0 Å². The Kier molecular flexibility index (Phi) is 2.45. The lowest BCUT2D eigenvalue weighted by Gasteiger charge is -2.06. The molecule has 23 heavy (non-hydrogen) atoms. The van der Waals surface area contributed by atoms with Crippen LogP contribution in [0.1, 0.15) is 24.4 Å². The van der Waals surface area contributed by atoms with Crippen molar-refractivity contribution in [2.24, 2.45) is 0 Å². The lowest BCUT2D eigenvalue weighted by atomic mass is 10.0. The fourth-order valence-electron chi connectivity index (χ4n) is 3.29. The summed E-state index contributed by atoms with van der Waals surface area (Å²) in [6.45, 7) is 0.762. The molecule has 0 radical (unpaired) electrons. The zero-order valence-corrected chi connectivity index (χ0v) is 12.4. The summed E-state index contributed by atoms with van der Waals surface area (Å²) in [4.78, 5) is 8.39. The van der Waals surface area contributed by atoms with E-state index in [1.165, 1.54) is 6.33 Å². The average molecular weight is 310 g/mol. The van der Waals surface area contributed by atoms with Crippen LogP contribution in [0.25, 0.3) is 22.3 Å². The number of nitrogens with one attached hydrogen (secondary N) is 1. The predicted octanol–water partition coefficient (Wildman–Crippen LogP) is 2.52. The highest BCUT2D eigenvalue weighted by Crippen LogP contribution is 2.41. The Morgan fingerprint density at radius 3 is 2.96 bits per heavy atom. The zero-order chi connectivity index (χ0) is 15.6. The van der Waals surface area contributed by atoms with Crippen LogP contribution in [0, 0.1) is 5.82 Å². The van der Waals surface area contributed by atoms with Gasteiger partial charge >= 0.3 is 0 Å². The Morgan fingerprint density at radius 1 is 1.26 bits per heavy atom. The van der Waals surface area contributed by atoms with Crippen molar-refractivity contribution in [3.63, 3.8) is 0 Å². The van der Waals surface area contributed by atoms with Crippen LogP contribution < -0.4 is 11.1 Å². The number of hydrogen-bond donors (Lipinski definition) is 2. The van der Waals surface area contributed by atoms with Crippen LogP contribution in [-0.4, -0.2) is 26.3 Å². The van der Waals surface area contributed by atoms with Crippen LogP contribution in [0.5, 0.6) is 0 Å². The van der Waals surface area contributed by atoms with Gasteiger partial charge in [0, 0.05) is 23.4 Å². The number of hydrogen-bond acceptors (Lipinski definition) is 5. The first-order valence-corrected chi connectivity index (χ1v) is 7.78. The first-order chi connectivity index (χ1) is 11.2. The molecule has 0 saturated heterocycles. The van der Waals surface area contributed by atoms with E-state index in [2.05, 4.69) is 20.4 Å². The molecule has 2 aromatic heterocycles. The number of aromatic nitrogens is 4. The van der Waals surface area contributed by atoms with Gasteiger partial charge in [-0.05, 0) is 31.4 Å². The summed E-state index contributed by atoms with van der Waals surface area (Å²) in [5, 5.41) is 8.47. The maximum atomic E-state index is 15.0. The molecule has 3 heterocycles. The van der Waals surface area contributed by atoms with Gasteiger partial charge in [-0.15, -0.1) is 0 Å². The third-order valence-corrected chi connectivity index (χ3v) is 4.60. The third kappa shape index (κ3) is 1.76. The number of nitrogens with zero attached hydrogens (tertiary/aromatic N) is 4. The van der Waals surface area contributed by atoms with E-state index in [-0.39, 0.29) is 5.82 Å². The molecule has 6 nitrogen and oxygen atoms in total. The molecule has 3 N–H and O–H groups in total. The van der Waals surface area contributed by atoms with Crippen molar-refractivity contribution in [3.8, 4) is 11.3 Å². The van der Waals surface area contributed by atoms with Crippen molar-refractivity contribution < 1.29 is 4.39 Å². The molecule has 5 rings (SSSR count). The van der Waals surface area contributed by atoms with Crippen molar-refractivity contribution >= 4 is 22.5 Å². The highest BCUT2D eigenvalue weighted by molar-refractivity contribution is 5.98. The number of nitrogens with two attached hydrogens (primary N) is 1. The Balaban J connectivity index is 1.81. The summed E-state index contributed by atoms with van der Waals surface area (Å²) in [6.07, 6.45) is 4.25. The van der Waals surface area contributed by atoms with Gasteiger partial charge in [0.25, 0.3) is 0 Å². The van der Waals surface area contributed by atoms with Gasteiger partial charge in [-0.25, -0.2) is 19.0 Å². The van der Waals surface area contributed by atoms with Crippen molar-refractivity contribution in [1.82, 2.24) is 19.7 Å². The van der Waals surface area contributed by atoms with Crippen LogP contribution in [0.15, 0.2) is 18.5 Å². The number of halogens is 1. The van der Waals surface area contributed by atoms with Crippen molar-refractivity contribution in [1.29, 1.82) is 0 Å². The van der Waals surface area contributed by atoms with Crippen molar-refractivity contribution in [2.75, 3.05) is 17.6 Å². The molecule has 0 bridgehead atoms. The molecule has 1 aromatic carbocycles. The second-order valence-electron chi connectivity index (χ2n) is 6.11. The second-order valence-corrected chi connectivity index (χ2v) is 6.11. The maximum absolute atomic E-state index is 15.0. The fourth-order valence-corrected chi connectivity index (χ4v) is 3.29. The quantitative estimate of drug-likeness (QED) is 0.760. The van der Waals surface area contributed by atoms with Crippen molar-refractivity contribution in [3.05, 3.63) is 29.8 Å². The molecule has 7 heteroatoms. The first-order valence-electron chi connectivity index (χ1n) is 7.78. The predicted molar refractivity (Wildman–Crippen MR) is 85.6 cm³/mol. The first kappa shape index (κ1) is 12.8. The molecule has 0 atom stereocenters. The molecular weight excluding hydrogens is 295 g/mol. The monoisotopic (exact) mass is 310 g/mol. The number of benzene rings is 1. The van der Waals surface area contributed by atoms with E-state index in [1.807, 2.05) is 10.7 Å². The molecule has 0 unspecified atom stereocenters. The van der Waals surface area contributed by atoms with Gasteiger partial charge in [-0.2, -0.15) is 5.10 Å². The minimum absolute atomic E-state index is 0.224. The number of fused-ring (bicyclic) bond motifs is 2. The normalized spacial score (nSPS) is 16.6. The molecule has 1 aliphatic heterocycles. The van der Waals surface area contributed by atoms with E-state index < -0.39 is 0 Å². The van der Waals surface area contributed by atoms with Crippen LogP contribution in [-0.2, 0) is 6.42 Å². The minimum Gasteiger partial charge on any atom is -0.384 e. The van der Waals surface area contributed by atoms with Crippen molar-refractivity contribution in [2.45, 2.75) is 25.3 Å². The molecule has 1 fully saturated rings. The largest absolute Gasteiger partial charge is 0.384 e. The Labute approximate surface area is 131 Å². The van der Waals surface area contributed by atoms with Gasteiger partial charge in [0.15, 0.2) is 5.65 Å². The van der Waals surface area contributed by atoms with Gasteiger partial charge in [0.05, 0.1) is 11.4 Å². The second kappa shape index (κ2) is 4.41. The van der Waals surface area contributed by atoms with E-state index in [0.29, 0.717) is 46.1 Å². The van der Waals surface area contributed by atoms with E-state index >= 15 is 0 Å². The van der Waals surface area contributed by atoms with Gasteiger partial charge < -0.3 is 11.1 Å². The molecule has 0 spiro atoms. The molecule has 1 aliphatic carbocycles. The van der Waals surface area contributed by atoms with Crippen LogP contribution in [0.3, 0.4) is 0 Å². The van der Waals surface area contributed by atoms with E-state index in [9.17, 15) is 4.39 Å². The summed E-state index contributed by atoms with van der Waals surface area (Å²) >= 11 is 0. The SMILES string of the molecule is Nc1ncnc2c1c(-c1ccc3c(c1F)CCN3)nn2C1CC1. The standard InChI is InChI=1S/C16H15FN6/c17-13-9-5-6-19-11(9)4-3-10(13)14-12-15(18)20-7-21-16(12)23(22-14)8-1-2-8/h3-4,7-8,19H,1-2,5-6H2,(H2,18,20,21). The lowest BCUT2D eigenvalue weighted by Crippen LogP contribution is -1.98. The van der Waals surface area contributed by atoms with E-state index in [4.69, 9.17) is 5.73 Å². The van der Waals surface area contributed by atoms with Crippen LogP contribution in [0.2, 0.25) is 0 Å². The molecule has 116 valence electrons. The zero-order valence-electron chi connectivity index (χ0n) is 12.4. The summed E-state index contributed by atoms with van der Waals surface area (Å²) in [5.74, 6) is 0.119. The smallest absolute Gasteiger partial charge is 0.164 e. The van der Waals surface area contributed by atoms with E-state index in [1.54, 1.807) is 6.07 Å². The van der Waals surface area contributed by atoms with Gasteiger partial charge in [0.1, 0.15) is 23.7 Å². The molecule has 0 amide bonds.